The van der Waals surface area contributed by atoms with Crippen molar-refractivity contribution in [3.63, 3.8) is 0 Å². The van der Waals surface area contributed by atoms with Crippen LogP contribution in [0.2, 0.25) is 0 Å². The van der Waals surface area contributed by atoms with Crippen LogP contribution in [0.15, 0.2) is 23.1 Å². The molecule has 3 rings (SSSR count). The average Bonchev–Trinajstić information content (AvgIpc) is 3.35. The second kappa shape index (κ2) is 7.05. The van der Waals surface area contributed by atoms with E-state index in [1.54, 1.807) is 11.9 Å². The molecule has 1 aromatic rings. The predicted octanol–water partition coefficient (Wildman–Crippen LogP) is 1.29. The number of rotatable bonds is 6. The molecule has 26 heavy (non-hydrogen) atoms. The molecule has 1 atom stereocenters. The van der Waals surface area contributed by atoms with Crippen molar-refractivity contribution in [3.05, 3.63) is 28.3 Å². The van der Waals surface area contributed by atoms with E-state index < -0.39 is 21.0 Å². The van der Waals surface area contributed by atoms with E-state index in [-0.39, 0.29) is 34.2 Å². The molecule has 11 heteroatoms. The molecule has 1 saturated heterocycles. The summed E-state index contributed by atoms with van der Waals surface area (Å²) >= 11 is 1.36. The lowest BCUT2D eigenvalue weighted by molar-refractivity contribution is -0.385. The van der Waals surface area contributed by atoms with Gasteiger partial charge in [-0.25, -0.2) is 8.42 Å². The van der Waals surface area contributed by atoms with Crippen molar-refractivity contribution in [1.29, 1.82) is 0 Å². The number of benzene rings is 1. The Morgan fingerprint density at radius 2 is 2.12 bits per heavy atom. The zero-order valence-corrected chi connectivity index (χ0v) is 16.0. The maximum atomic E-state index is 13.1. The van der Waals surface area contributed by atoms with Gasteiger partial charge < -0.3 is 9.64 Å². The Bertz CT molecular complexity index is 840. The van der Waals surface area contributed by atoms with E-state index in [2.05, 4.69) is 0 Å². The van der Waals surface area contributed by atoms with Gasteiger partial charge in [0.05, 0.1) is 24.0 Å². The molecule has 2 fully saturated rings. The van der Waals surface area contributed by atoms with E-state index >= 15 is 0 Å². The summed E-state index contributed by atoms with van der Waals surface area (Å²) in [5.74, 6) is 0.196. The number of nitrogens with zero attached hydrogens (tertiary/aromatic N) is 3. The van der Waals surface area contributed by atoms with Crippen molar-refractivity contribution >= 4 is 33.4 Å². The fourth-order valence-corrected chi connectivity index (χ4v) is 6.12. The second-order valence-electron chi connectivity index (χ2n) is 6.18. The van der Waals surface area contributed by atoms with Crippen LogP contribution in [0.25, 0.3) is 0 Å². The first-order valence-electron chi connectivity index (χ1n) is 7.96. The first kappa shape index (κ1) is 18.9. The third-order valence-corrected chi connectivity index (χ3v) is 7.58. The van der Waals surface area contributed by atoms with Gasteiger partial charge in [-0.1, -0.05) is 0 Å². The van der Waals surface area contributed by atoms with Gasteiger partial charge >= 0.3 is 0 Å². The minimum absolute atomic E-state index is 0.113. The van der Waals surface area contributed by atoms with Gasteiger partial charge in [0.25, 0.3) is 5.69 Å². The number of thioether (sulfide) groups is 1. The van der Waals surface area contributed by atoms with E-state index in [4.69, 9.17) is 4.74 Å². The molecule has 0 bridgehead atoms. The van der Waals surface area contributed by atoms with E-state index in [1.165, 1.54) is 18.9 Å². The molecule has 1 amide bonds. The summed E-state index contributed by atoms with van der Waals surface area (Å²) in [6.45, 7) is 0. The van der Waals surface area contributed by atoms with E-state index in [0.717, 1.165) is 35.3 Å². The third-order valence-electron chi connectivity index (χ3n) is 4.51. The molecular formula is C15H19N3O6S2. The summed E-state index contributed by atoms with van der Waals surface area (Å²) in [5.41, 5.74) is -0.266. The third kappa shape index (κ3) is 3.38. The zero-order chi connectivity index (χ0) is 19.1. The Morgan fingerprint density at radius 3 is 2.69 bits per heavy atom. The number of likely N-dealkylation sites (N-methyl/N-ethyl adjacent to an activating group) is 1. The van der Waals surface area contributed by atoms with Crippen LogP contribution in [0, 0.1) is 10.1 Å². The first-order chi connectivity index (χ1) is 12.3. The molecule has 1 aliphatic heterocycles. The van der Waals surface area contributed by atoms with Gasteiger partial charge in [-0.05, 0) is 18.9 Å². The zero-order valence-electron chi connectivity index (χ0n) is 14.3. The minimum Gasteiger partial charge on any atom is -0.495 e. The van der Waals surface area contributed by atoms with Crippen LogP contribution in [0.5, 0.6) is 5.75 Å². The highest BCUT2D eigenvalue weighted by Gasteiger charge is 2.44. The van der Waals surface area contributed by atoms with Crippen LogP contribution in [0.4, 0.5) is 5.69 Å². The standard InChI is InChI=1S/C15H19N3O6S2/c1-16(10-3-4-10)15(19)12-8-25-9-17(12)26(22,23)14-6-5-11(18(20)21)7-13(14)24-2/h5-7,10,12H,3-4,8-9H2,1-2H3. The van der Waals surface area contributed by atoms with E-state index in [9.17, 15) is 23.3 Å². The molecule has 0 aromatic heterocycles. The summed E-state index contributed by atoms with van der Waals surface area (Å²) in [6, 6.07) is 2.75. The Labute approximate surface area is 155 Å². The number of nitro benzene ring substituents is 1. The molecule has 2 aliphatic rings. The normalized spacial score (nSPS) is 20.8. The van der Waals surface area contributed by atoms with Crippen LogP contribution >= 0.6 is 11.8 Å². The topological polar surface area (TPSA) is 110 Å². The number of nitro groups is 1. The van der Waals surface area contributed by atoms with Crippen LogP contribution in [-0.2, 0) is 14.8 Å². The molecule has 0 radical (unpaired) electrons. The molecule has 142 valence electrons. The Kier molecular flexibility index (Phi) is 5.13. The second-order valence-corrected chi connectivity index (χ2v) is 9.04. The lowest BCUT2D eigenvalue weighted by Crippen LogP contribution is -2.48. The number of hydrogen-bond acceptors (Lipinski definition) is 7. The summed E-state index contributed by atoms with van der Waals surface area (Å²) in [5, 5.41) is 10.9. The fraction of sp³-hybridized carbons (Fsp3) is 0.533. The van der Waals surface area contributed by atoms with Crippen LogP contribution in [0.1, 0.15) is 12.8 Å². The summed E-state index contributed by atoms with van der Waals surface area (Å²) < 4.78 is 32.4. The largest absolute Gasteiger partial charge is 0.495 e. The number of methoxy groups -OCH3 is 1. The van der Waals surface area contributed by atoms with Gasteiger partial charge in [-0.3, -0.25) is 14.9 Å². The molecule has 1 aromatic carbocycles. The van der Waals surface area contributed by atoms with Gasteiger partial charge in [0, 0.05) is 24.9 Å². The number of non-ortho nitro benzene ring substituents is 1. The summed E-state index contributed by atoms with van der Waals surface area (Å²) in [4.78, 5) is 24.4. The van der Waals surface area contributed by atoms with E-state index in [0.29, 0.717) is 5.75 Å². The van der Waals surface area contributed by atoms with Crippen LogP contribution < -0.4 is 4.74 Å². The monoisotopic (exact) mass is 401 g/mol. The van der Waals surface area contributed by atoms with Crippen molar-refractivity contribution in [2.24, 2.45) is 0 Å². The number of hydrogen-bond donors (Lipinski definition) is 0. The maximum absolute atomic E-state index is 13.1. The van der Waals surface area contributed by atoms with E-state index in [1.807, 2.05) is 0 Å². The van der Waals surface area contributed by atoms with Gasteiger partial charge in [-0.15, -0.1) is 11.8 Å². The van der Waals surface area contributed by atoms with Crippen LogP contribution in [-0.4, -0.2) is 66.3 Å². The van der Waals surface area contributed by atoms with Crippen molar-refractivity contribution in [1.82, 2.24) is 9.21 Å². The SMILES string of the molecule is COc1cc([N+](=O)[O-])ccc1S(=O)(=O)N1CSCC1C(=O)N(C)C1CC1. The average molecular weight is 401 g/mol. The lowest BCUT2D eigenvalue weighted by Gasteiger charge is -2.27. The minimum atomic E-state index is -4.04. The van der Waals surface area contributed by atoms with Gasteiger partial charge in [-0.2, -0.15) is 4.31 Å². The Morgan fingerprint density at radius 1 is 1.42 bits per heavy atom. The van der Waals surface area contributed by atoms with Crippen LogP contribution in [0.3, 0.4) is 0 Å². The quantitative estimate of drug-likeness (QED) is 0.522. The maximum Gasteiger partial charge on any atom is 0.273 e. The highest BCUT2D eigenvalue weighted by Crippen LogP contribution is 2.36. The molecule has 1 heterocycles. The Balaban J connectivity index is 1.93. The van der Waals surface area contributed by atoms with Gasteiger partial charge in [0.15, 0.2) is 0 Å². The number of amides is 1. The van der Waals surface area contributed by atoms with Gasteiger partial charge in [0.2, 0.25) is 15.9 Å². The molecular weight excluding hydrogens is 382 g/mol. The fourth-order valence-electron chi connectivity index (χ4n) is 2.84. The number of ether oxygens (including phenoxy) is 1. The molecule has 1 unspecified atom stereocenters. The van der Waals surface area contributed by atoms with Crippen molar-refractivity contribution in [2.45, 2.75) is 29.8 Å². The first-order valence-corrected chi connectivity index (χ1v) is 10.6. The van der Waals surface area contributed by atoms with Crippen molar-refractivity contribution in [2.75, 3.05) is 25.8 Å². The highest BCUT2D eigenvalue weighted by atomic mass is 32.2. The molecule has 0 N–H and O–H groups in total. The highest BCUT2D eigenvalue weighted by molar-refractivity contribution is 8.00. The summed E-state index contributed by atoms with van der Waals surface area (Å²) in [6.07, 6.45) is 1.87. The predicted molar refractivity (Wildman–Crippen MR) is 95.6 cm³/mol. The van der Waals surface area contributed by atoms with Crippen molar-refractivity contribution in [3.8, 4) is 5.75 Å². The Hall–Kier alpha value is -1.85. The van der Waals surface area contributed by atoms with Crippen molar-refractivity contribution < 1.29 is 22.9 Å². The number of carbonyl (C=O) groups is 1. The molecule has 1 aliphatic carbocycles. The number of carbonyl (C=O) groups excluding carboxylic acids is 1. The molecule has 0 spiro atoms. The molecule has 1 saturated carbocycles. The lowest BCUT2D eigenvalue weighted by atomic mass is 10.3. The number of sulfonamides is 1. The summed E-state index contributed by atoms with van der Waals surface area (Å²) in [7, 11) is -1.09. The van der Waals surface area contributed by atoms with Gasteiger partial charge in [0.1, 0.15) is 16.7 Å². The smallest absolute Gasteiger partial charge is 0.273 e. The molecule has 9 nitrogen and oxygen atoms in total.